The first-order chi connectivity index (χ1) is 6.46. The minimum Gasteiger partial charge on any atom is -0.342 e. The molecular weight excluding hydrogens is 204 g/mol. The van der Waals surface area contributed by atoms with Crippen molar-refractivity contribution in [2.24, 2.45) is 5.73 Å². The third kappa shape index (κ3) is 3.26. The molecule has 1 aliphatic rings. The molecule has 0 atom stereocenters. The molecule has 2 N–H and O–H groups in total. The van der Waals surface area contributed by atoms with Crippen LogP contribution in [0.15, 0.2) is 0 Å². The van der Waals surface area contributed by atoms with Gasteiger partial charge in [0.15, 0.2) is 9.84 Å². The van der Waals surface area contributed by atoms with E-state index in [2.05, 4.69) is 0 Å². The Labute approximate surface area is 84.2 Å². The zero-order valence-electron chi connectivity index (χ0n) is 8.27. The van der Waals surface area contributed by atoms with Crippen LogP contribution in [0.4, 0.5) is 0 Å². The van der Waals surface area contributed by atoms with Gasteiger partial charge in [-0.05, 0) is 12.8 Å². The molecule has 0 aliphatic heterocycles. The van der Waals surface area contributed by atoms with E-state index < -0.39 is 15.6 Å². The summed E-state index contributed by atoms with van der Waals surface area (Å²) in [6, 6.07) is 0.260. The van der Waals surface area contributed by atoms with Crippen LogP contribution in [-0.4, -0.2) is 50.4 Å². The van der Waals surface area contributed by atoms with E-state index in [1.54, 1.807) is 7.05 Å². The highest BCUT2D eigenvalue weighted by molar-refractivity contribution is 7.92. The van der Waals surface area contributed by atoms with Gasteiger partial charge in [0.2, 0.25) is 5.91 Å². The van der Waals surface area contributed by atoms with Crippen molar-refractivity contribution in [3.8, 4) is 0 Å². The van der Waals surface area contributed by atoms with Crippen LogP contribution in [0.25, 0.3) is 0 Å². The van der Waals surface area contributed by atoms with Crippen molar-refractivity contribution in [3.05, 3.63) is 0 Å². The van der Waals surface area contributed by atoms with Gasteiger partial charge in [-0.15, -0.1) is 0 Å². The van der Waals surface area contributed by atoms with E-state index in [9.17, 15) is 13.2 Å². The smallest absolute Gasteiger partial charge is 0.237 e. The van der Waals surface area contributed by atoms with Crippen molar-refractivity contribution in [2.75, 3.05) is 25.1 Å². The summed E-state index contributed by atoms with van der Waals surface area (Å²) in [6.45, 7) is 0.0722. The topological polar surface area (TPSA) is 80.5 Å². The Kier molecular flexibility index (Phi) is 3.49. The average molecular weight is 220 g/mol. The summed E-state index contributed by atoms with van der Waals surface area (Å²) < 4.78 is 22.5. The Morgan fingerprint density at radius 2 is 2.07 bits per heavy atom. The van der Waals surface area contributed by atoms with Crippen LogP contribution >= 0.6 is 0 Å². The minimum atomic E-state index is -3.30. The number of nitrogens with zero attached hydrogens (tertiary/aromatic N) is 1. The first-order valence-corrected chi connectivity index (χ1v) is 6.44. The zero-order chi connectivity index (χ0) is 10.8. The lowest BCUT2D eigenvalue weighted by atomic mass is 10.5. The van der Waals surface area contributed by atoms with Crippen LogP contribution in [-0.2, 0) is 14.6 Å². The molecule has 1 amide bonds. The summed E-state index contributed by atoms with van der Waals surface area (Å²) in [5.74, 6) is -0.838. The fourth-order valence-electron chi connectivity index (χ4n) is 1.21. The van der Waals surface area contributed by atoms with Crippen LogP contribution in [0.2, 0.25) is 0 Å². The van der Waals surface area contributed by atoms with Crippen molar-refractivity contribution >= 4 is 15.7 Å². The van der Waals surface area contributed by atoms with Crippen molar-refractivity contribution in [1.29, 1.82) is 0 Å². The summed E-state index contributed by atoms with van der Waals surface area (Å²) in [4.78, 5) is 12.9. The van der Waals surface area contributed by atoms with E-state index in [-0.39, 0.29) is 24.2 Å². The van der Waals surface area contributed by atoms with E-state index in [1.165, 1.54) is 4.90 Å². The zero-order valence-corrected chi connectivity index (χ0v) is 9.09. The number of hydrogen-bond acceptors (Lipinski definition) is 4. The summed E-state index contributed by atoms with van der Waals surface area (Å²) >= 11 is 0. The number of nitrogens with two attached hydrogens (primary N) is 1. The molecule has 1 rings (SSSR count). The van der Waals surface area contributed by atoms with Crippen LogP contribution in [0, 0.1) is 0 Å². The minimum absolute atomic E-state index is 0.0722. The predicted molar refractivity (Wildman–Crippen MR) is 53.5 cm³/mol. The maximum atomic E-state index is 11.4. The van der Waals surface area contributed by atoms with Gasteiger partial charge in [-0.3, -0.25) is 4.79 Å². The monoisotopic (exact) mass is 220 g/mol. The predicted octanol–water partition coefficient (Wildman–Crippen LogP) is -1.02. The highest BCUT2D eigenvalue weighted by atomic mass is 32.2. The molecule has 1 saturated carbocycles. The Morgan fingerprint density at radius 3 is 2.50 bits per heavy atom. The second-order valence-corrected chi connectivity index (χ2v) is 5.80. The molecule has 0 bridgehead atoms. The molecule has 0 spiro atoms. The molecule has 82 valence electrons. The van der Waals surface area contributed by atoms with Gasteiger partial charge >= 0.3 is 0 Å². The third-order valence-corrected chi connectivity index (χ3v) is 3.80. The molecule has 6 heteroatoms. The second kappa shape index (κ2) is 4.27. The molecule has 0 radical (unpaired) electrons. The summed E-state index contributed by atoms with van der Waals surface area (Å²) in [5, 5.41) is 0. The summed E-state index contributed by atoms with van der Waals surface area (Å²) in [7, 11) is -1.65. The summed E-state index contributed by atoms with van der Waals surface area (Å²) in [6.07, 6.45) is 1.97. The first kappa shape index (κ1) is 11.5. The van der Waals surface area contributed by atoms with Crippen molar-refractivity contribution in [3.63, 3.8) is 0 Å². The normalized spacial score (nSPS) is 16.7. The van der Waals surface area contributed by atoms with Crippen molar-refractivity contribution < 1.29 is 13.2 Å². The van der Waals surface area contributed by atoms with Gasteiger partial charge in [-0.25, -0.2) is 8.42 Å². The van der Waals surface area contributed by atoms with E-state index in [1.807, 2.05) is 0 Å². The maximum absolute atomic E-state index is 11.4. The Bertz CT molecular complexity index is 309. The molecule has 0 aromatic carbocycles. The van der Waals surface area contributed by atoms with Gasteiger partial charge in [-0.1, -0.05) is 0 Å². The largest absolute Gasteiger partial charge is 0.342 e. The first-order valence-electron chi connectivity index (χ1n) is 4.62. The Hall–Kier alpha value is -0.620. The fraction of sp³-hybridized carbons (Fsp3) is 0.875. The molecule has 0 aromatic heterocycles. The molecule has 0 heterocycles. The van der Waals surface area contributed by atoms with Gasteiger partial charge < -0.3 is 10.6 Å². The highest BCUT2D eigenvalue weighted by Crippen LogP contribution is 2.25. The molecule has 0 saturated heterocycles. The quantitative estimate of drug-likeness (QED) is 0.643. The molecule has 1 fully saturated rings. The third-order valence-electron chi connectivity index (χ3n) is 2.26. The molecule has 0 aromatic rings. The van der Waals surface area contributed by atoms with Crippen molar-refractivity contribution in [1.82, 2.24) is 4.90 Å². The molecule has 5 nitrogen and oxygen atoms in total. The van der Waals surface area contributed by atoms with Gasteiger partial charge in [0.1, 0.15) is 5.75 Å². The van der Waals surface area contributed by atoms with Gasteiger partial charge in [0.25, 0.3) is 0 Å². The van der Waals surface area contributed by atoms with Gasteiger partial charge in [-0.2, -0.15) is 0 Å². The molecule has 0 unspecified atom stereocenters. The lowest BCUT2D eigenvalue weighted by Crippen LogP contribution is -2.35. The van der Waals surface area contributed by atoms with Crippen LogP contribution in [0.1, 0.15) is 12.8 Å². The summed E-state index contributed by atoms with van der Waals surface area (Å²) in [5.41, 5.74) is 5.13. The SMILES string of the molecule is CN(C(=O)CS(=O)(=O)CCN)C1CC1. The molecular formula is C8H16N2O3S. The number of sulfone groups is 1. The number of rotatable bonds is 5. The Balaban J connectivity index is 2.46. The van der Waals surface area contributed by atoms with E-state index in [0.717, 1.165) is 12.8 Å². The number of amides is 1. The highest BCUT2D eigenvalue weighted by Gasteiger charge is 2.31. The second-order valence-electron chi connectivity index (χ2n) is 3.62. The average Bonchev–Trinajstić information content (AvgIpc) is 2.83. The van der Waals surface area contributed by atoms with Crippen LogP contribution in [0.3, 0.4) is 0 Å². The lowest BCUT2D eigenvalue weighted by molar-refractivity contribution is -0.127. The van der Waals surface area contributed by atoms with Crippen molar-refractivity contribution in [2.45, 2.75) is 18.9 Å². The van der Waals surface area contributed by atoms with E-state index >= 15 is 0 Å². The molecule has 1 aliphatic carbocycles. The number of carbonyl (C=O) groups is 1. The Morgan fingerprint density at radius 1 is 1.50 bits per heavy atom. The fourth-order valence-corrected chi connectivity index (χ4v) is 2.29. The van der Waals surface area contributed by atoms with Gasteiger partial charge in [0.05, 0.1) is 5.75 Å². The van der Waals surface area contributed by atoms with Crippen LogP contribution < -0.4 is 5.73 Å². The lowest BCUT2D eigenvalue weighted by Gasteiger charge is -2.15. The van der Waals surface area contributed by atoms with E-state index in [4.69, 9.17) is 5.73 Å². The maximum Gasteiger partial charge on any atom is 0.237 e. The standard InChI is InChI=1S/C8H16N2O3S/c1-10(7-2-3-7)8(11)6-14(12,13)5-4-9/h7H,2-6,9H2,1H3. The van der Waals surface area contributed by atoms with Crippen LogP contribution in [0.5, 0.6) is 0 Å². The van der Waals surface area contributed by atoms with E-state index in [0.29, 0.717) is 0 Å². The molecule has 14 heavy (non-hydrogen) atoms. The van der Waals surface area contributed by atoms with Gasteiger partial charge in [0, 0.05) is 19.6 Å². The number of hydrogen-bond donors (Lipinski definition) is 1. The number of carbonyl (C=O) groups excluding carboxylic acids is 1.